The number of carbonyl (C=O) groups excluding carboxylic acids is 2. The summed E-state index contributed by atoms with van der Waals surface area (Å²) >= 11 is 0. The van der Waals surface area contributed by atoms with Crippen LogP contribution in [0, 0.1) is 0 Å². The summed E-state index contributed by atoms with van der Waals surface area (Å²) in [5, 5.41) is 1.91. The molecule has 1 aliphatic rings. The number of alkyl halides is 3. The van der Waals surface area contributed by atoms with Crippen LogP contribution in [0.5, 0.6) is 0 Å². The average Bonchev–Trinajstić information content (AvgIpc) is 2.56. The van der Waals surface area contributed by atoms with Crippen molar-refractivity contribution in [2.75, 3.05) is 5.32 Å². The molecule has 0 spiro atoms. The second-order valence-corrected chi connectivity index (χ2v) is 3.01. The number of anilines is 1. The van der Waals surface area contributed by atoms with Gasteiger partial charge in [-0.2, -0.15) is 13.2 Å². The second-order valence-electron chi connectivity index (χ2n) is 3.01. The Labute approximate surface area is 95.6 Å². The van der Waals surface area contributed by atoms with Crippen molar-refractivity contribution in [3.8, 4) is 0 Å². The van der Waals surface area contributed by atoms with E-state index in [1.165, 1.54) is 6.07 Å². The fraction of sp³-hybridized carbons (Fsp3) is 0.273. The van der Waals surface area contributed by atoms with Crippen LogP contribution >= 0.6 is 0 Å². The number of nitrogens with one attached hydrogen (secondary N) is 1. The maximum absolute atomic E-state index is 12.4. The largest absolute Gasteiger partial charge is 0.418 e. The molecule has 0 bridgehead atoms. The summed E-state index contributed by atoms with van der Waals surface area (Å²) in [4.78, 5) is 22.0. The maximum Gasteiger partial charge on any atom is 0.418 e. The van der Waals surface area contributed by atoms with Crippen molar-refractivity contribution < 1.29 is 22.8 Å². The van der Waals surface area contributed by atoms with Crippen LogP contribution in [0.2, 0.25) is 0 Å². The van der Waals surface area contributed by atoms with E-state index in [2.05, 4.69) is 0 Å². The van der Waals surface area contributed by atoms with Gasteiger partial charge in [0.05, 0.1) is 16.8 Å². The van der Waals surface area contributed by atoms with Crippen LogP contribution in [0.3, 0.4) is 0 Å². The molecule has 1 N–H and O–H groups in total. The standard InChI is InChI=1S/C9H4F3NO2.C2H6/c10-9(11,12)5-3-1-2-4-6(5)13-8(15)7(4)14;1-2/h1-3H,(H,13,14,15);1-2H3. The Hall–Kier alpha value is -1.85. The predicted molar refractivity (Wildman–Crippen MR) is 55.8 cm³/mol. The molecule has 0 saturated heterocycles. The van der Waals surface area contributed by atoms with Crippen molar-refractivity contribution in [2.24, 2.45) is 0 Å². The monoisotopic (exact) mass is 245 g/mol. The summed E-state index contributed by atoms with van der Waals surface area (Å²) < 4.78 is 37.3. The molecule has 0 radical (unpaired) electrons. The molecule has 1 amide bonds. The lowest BCUT2D eigenvalue weighted by atomic mass is 10.1. The average molecular weight is 245 g/mol. The second kappa shape index (κ2) is 4.57. The fourth-order valence-electron chi connectivity index (χ4n) is 1.41. The highest BCUT2D eigenvalue weighted by molar-refractivity contribution is 6.51. The quantitative estimate of drug-likeness (QED) is 0.714. The Balaban J connectivity index is 0.000000686. The van der Waals surface area contributed by atoms with Gasteiger partial charge in [0.1, 0.15) is 0 Å². The van der Waals surface area contributed by atoms with Crippen molar-refractivity contribution in [1.29, 1.82) is 0 Å². The van der Waals surface area contributed by atoms with E-state index in [0.29, 0.717) is 0 Å². The molecule has 3 nitrogen and oxygen atoms in total. The zero-order valence-electron chi connectivity index (χ0n) is 9.18. The number of halogens is 3. The number of carbonyl (C=O) groups is 2. The Morgan fingerprint density at radius 3 is 2.24 bits per heavy atom. The highest BCUT2D eigenvalue weighted by Crippen LogP contribution is 2.38. The normalized spacial score (nSPS) is 13.7. The van der Waals surface area contributed by atoms with Crippen LogP contribution in [-0.2, 0) is 11.0 Å². The molecule has 0 unspecified atom stereocenters. The number of hydrogen-bond donors (Lipinski definition) is 1. The molecule has 0 aliphatic carbocycles. The predicted octanol–water partition coefficient (Wildman–Crippen LogP) is 2.87. The molecule has 2 rings (SSSR count). The summed E-state index contributed by atoms with van der Waals surface area (Å²) in [7, 11) is 0. The third-order valence-electron chi connectivity index (χ3n) is 2.06. The van der Waals surface area contributed by atoms with E-state index < -0.39 is 29.1 Å². The molecule has 0 aromatic heterocycles. The zero-order valence-corrected chi connectivity index (χ0v) is 9.18. The lowest BCUT2D eigenvalue weighted by Gasteiger charge is -2.10. The molecule has 0 atom stereocenters. The van der Waals surface area contributed by atoms with Crippen LogP contribution in [0.25, 0.3) is 0 Å². The number of ketones is 1. The highest BCUT2D eigenvalue weighted by atomic mass is 19.4. The summed E-state index contributed by atoms with van der Waals surface area (Å²) in [6.07, 6.45) is -4.58. The Morgan fingerprint density at radius 1 is 1.12 bits per heavy atom. The van der Waals surface area contributed by atoms with Crippen molar-refractivity contribution in [3.05, 3.63) is 29.3 Å². The summed E-state index contributed by atoms with van der Waals surface area (Å²) in [5.41, 5.74) is -1.67. The van der Waals surface area contributed by atoms with Gasteiger partial charge in [-0.15, -0.1) is 0 Å². The van der Waals surface area contributed by atoms with E-state index in [-0.39, 0.29) is 5.56 Å². The zero-order chi connectivity index (χ0) is 13.2. The number of amides is 1. The van der Waals surface area contributed by atoms with Gasteiger partial charge in [-0.05, 0) is 12.1 Å². The highest BCUT2D eigenvalue weighted by Gasteiger charge is 2.39. The molecule has 17 heavy (non-hydrogen) atoms. The molecule has 0 saturated carbocycles. The van der Waals surface area contributed by atoms with Gasteiger partial charge < -0.3 is 5.32 Å². The van der Waals surface area contributed by atoms with E-state index in [4.69, 9.17) is 0 Å². The van der Waals surface area contributed by atoms with Gasteiger partial charge in [0, 0.05) is 0 Å². The number of Topliss-reactive ketones (excluding diaryl/α,β-unsaturated/α-hetero) is 1. The molecule has 1 aromatic rings. The van der Waals surface area contributed by atoms with Crippen molar-refractivity contribution in [1.82, 2.24) is 0 Å². The molecule has 0 fully saturated rings. The third kappa shape index (κ3) is 2.30. The third-order valence-corrected chi connectivity index (χ3v) is 2.06. The summed E-state index contributed by atoms with van der Waals surface area (Å²) in [5.74, 6) is -1.96. The maximum atomic E-state index is 12.4. The SMILES string of the molecule is CC.O=C1Nc2c(cccc2C(F)(F)F)C1=O. The Morgan fingerprint density at radius 2 is 1.71 bits per heavy atom. The van der Waals surface area contributed by atoms with E-state index in [1.807, 2.05) is 19.2 Å². The van der Waals surface area contributed by atoms with E-state index in [1.54, 1.807) is 0 Å². The first kappa shape index (κ1) is 13.2. The number of benzene rings is 1. The minimum Gasteiger partial charge on any atom is -0.318 e. The molecule has 1 aliphatic heterocycles. The van der Waals surface area contributed by atoms with Gasteiger partial charge >= 0.3 is 6.18 Å². The van der Waals surface area contributed by atoms with Crippen molar-refractivity contribution in [3.63, 3.8) is 0 Å². The van der Waals surface area contributed by atoms with Crippen LogP contribution in [-0.4, -0.2) is 11.7 Å². The molecular formula is C11H10F3NO2. The summed E-state index contributed by atoms with van der Waals surface area (Å²) in [6, 6.07) is 3.10. The lowest BCUT2D eigenvalue weighted by molar-refractivity contribution is -0.136. The van der Waals surface area contributed by atoms with Gasteiger partial charge in [0.2, 0.25) is 0 Å². The fourth-order valence-corrected chi connectivity index (χ4v) is 1.41. The Kier molecular flexibility index (Phi) is 3.55. The molecule has 1 aromatic carbocycles. The van der Waals surface area contributed by atoms with Gasteiger partial charge in [0.25, 0.3) is 11.7 Å². The van der Waals surface area contributed by atoms with Crippen molar-refractivity contribution >= 4 is 17.4 Å². The van der Waals surface area contributed by atoms with Gasteiger partial charge in [-0.1, -0.05) is 19.9 Å². The van der Waals surface area contributed by atoms with Gasteiger partial charge in [0.15, 0.2) is 0 Å². The van der Waals surface area contributed by atoms with E-state index in [9.17, 15) is 22.8 Å². The molecule has 1 heterocycles. The minimum atomic E-state index is -4.58. The van der Waals surface area contributed by atoms with Crippen molar-refractivity contribution in [2.45, 2.75) is 20.0 Å². The van der Waals surface area contributed by atoms with Crippen LogP contribution in [0.4, 0.5) is 18.9 Å². The number of rotatable bonds is 0. The molecular weight excluding hydrogens is 235 g/mol. The van der Waals surface area contributed by atoms with Crippen LogP contribution in [0.15, 0.2) is 18.2 Å². The van der Waals surface area contributed by atoms with Gasteiger partial charge in [-0.25, -0.2) is 0 Å². The van der Waals surface area contributed by atoms with E-state index in [0.717, 1.165) is 12.1 Å². The minimum absolute atomic E-state index is 0.227. The first-order valence-electron chi connectivity index (χ1n) is 4.97. The first-order chi connectivity index (χ1) is 7.91. The smallest absolute Gasteiger partial charge is 0.318 e. The number of fused-ring (bicyclic) bond motifs is 1. The van der Waals surface area contributed by atoms with E-state index >= 15 is 0 Å². The molecule has 92 valence electrons. The Bertz CT molecular complexity index is 466. The number of para-hydroxylation sites is 1. The first-order valence-corrected chi connectivity index (χ1v) is 4.97. The topological polar surface area (TPSA) is 46.2 Å². The molecule has 6 heteroatoms. The summed E-state index contributed by atoms with van der Waals surface area (Å²) in [6.45, 7) is 4.00. The number of hydrogen-bond acceptors (Lipinski definition) is 2. The lowest BCUT2D eigenvalue weighted by Crippen LogP contribution is -2.13. The van der Waals surface area contributed by atoms with Gasteiger partial charge in [-0.3, -0.25) is 9.59 Å². The van der Waals surface area contributed by atoms with Crippen LogP contribution < -0.4 is 5.32 Å². The van der Waals surface area contributed by atoms with Crippen LogP contribution in [0.1, 0.15) is 29.8 Å².